The van der Waals surface area contributed by atoms with Crippen molar-refractivity contribution in [3.8, 4) is 28.1 Å². The predicted molar refractivity (Wildman–Crippen MR) is 134 cm³/mol. The van der Waals surface area contributed by atoms with Crippen molar-refractivity contribution in [3.63, 3.8) is 0 Å². The normalized spacial score (nSPS) is 16.1. The van der Waals surface area contributed by atoms with Gasteiger partial charge in [-0.2, -0.15) is 18.3 Å². The molecule has 4 aromatic rings. The van der Waals surface area contributed by atoms with E-state index in [9.17, 15) is 13.2 Å². The Kier molecular flexibility index (Phi) is 6.78. The van der Waals surface area contributed by atoms with E-state index in [1.54, 1.807) is 38.0 Å². The number of aromatic nitrogens is 3. The van der Waals surface area contributed by atoms with Crippen LogP contribution < -0.4 is 9.64 Å². The summed E-state index contributed by atoms with van der Waals surface area (Å²) in [6.45, 7) is 0.924. The molecule has 0 spiro atoms. The van der Waals surface area contributed by atoms with Crippen molar-refractivity contribution in [2.75, 3.05) is 32.8 Å². The molecular weight excluding hydrogens is 485 g/mol. The van der Waals surface area contributed by atoms with Crippen LogP contribution >= 0.6 is 0 Å². The molecule has 0 aliphatic carbocycles. The highest BCUT2D eigenvalue weighted by Gasteiger charge is 2.32. The van der Waals surface area contributed by atoms with E-state index in [1.165, 1.54) is 6.07 Å². The quantitative estimate of drug-likeness (QED) is 0.312. The maximum Gasteiger partial charge on any atom is 0.416 e. The number of nitrogens with zero attached hydrogens (tertiary/aromatic N) is 4. The Morgan fingerprint density at radius 3 is 2.46 bits per heavy atom. The third kappa shape index (κ3) is 4.74. The van der Waals surface area contributed by atoms with Gasteiger partial charge >= 0.3 is 6.18 Å². The zero-order valence-electron chi connectivity index (χ0n) is 20.7. The van der Waals surface area contributed by atoms with Crippen LogP contribution in [0.15, 0.2) is 54.6 Å². The number of anilines is 1. The number of rotatable bonds is 7. The molecule has 1 saturated heterocycles. The summed E-state index contributed by atoms with van der Waals surface area (Å²) in [6, 6.07) is 14.5. The van der Waals surface area contributed by atoms with Gasteiger partial charge in [-0.05, 0) is 42.7 Å². The number of benzene rings is 2. The number of hydrogen-bond acceptors (Lipinski definition) is 6. The zero-order valence-corrected chi connectivity index (χ0v) is 20.7. The Bertz CT molecular complexity index is 1400. The fourth-order valence-electron chi connectivity index (χ4n) is 4.79. The van der Waals surface area contributed by atoms with E-state index < -0.39 is 11.7 Å². The zero-order chi connectivity index (χ0) is 26.2. The fraction of sp³-hybridized carbons (Fsp3) is 0.333. The maximum absolute atomic E-state index is 13.6. The van der Waals surface area contributed by atoms with Crippen LogP contribution in [0.25, 0.3) is 28.0 Å². The second-order valence-corrected chi connectivity index (χ2v) is 8.82. The van der Waals surface area contributed by atoms with Crippen LogP contribution in [-0.4, -0.2) is 48.7 Å². The Morgan fingerprint density at radius 2 is 1.78 bits per heavy atom. The van der Waals surface area contributed by atoms with Gasteiger partial charge in [0.1, 0.15) is 17.8 Å². The summed E-state index contributed by atoms with van der Waals surface area (Å²) in [5.74, 6) is 1.31. The fourth-order valence-corrected chi connectivity index (χ4v) is 4.79. The summed E-state index contributed by atoms with van der Waals surface area (Å²) in [7, 11) is 4.81. The number of methoxy groups -OCH3 is 3. The molecule has 2 aromatic carbocycles. The lowest BCUT2D eigenvalue weighted by molar-refractivity contribution is -0.137. The first-order valence-electron chi connectivity index (χ1n) is 11.9. The number of halogens is 3. The van der Waals surface area contributed by atoms with Crippen LogP contribution in [-0.2, 0) is 22.3 Å². The molecule has 2 aromatic heterocycles. The highest BCUT2D eigenvalue weighted by Crippen LogP contribution is 2.37. The first-order chi connectivity index (χ1) is 17.8. The second kappa shape index (κ2) is 10.0. The molecule has 7 nitrogen and oxygen atoms in total. The van der Waals surface area contributed by atoms with Gasteiger partial charge in [0.2, 0.25) is 0 Å². The third-order valence-corrected chi connectivity index (χ3v) is 6.56. The summed E-state index contributed by atoms with van der Waals surface area (Å²) in [5, 5.41) is 4.76. The van der Waals surface area contributed by atoms with Gasteiger partial charge in [-0.1, -0.05) is 24.3 Å². The van der Waals surface area contributed by atoms with E-state index in [-0.39, 0.29) is 12.8 Å². The molecule has 1 unspecified atom stereocenters. The molecule has 5 rings (SSSR count). The monoisotopic (exact) mass is 512 g/mol. The van der Waals surface area contributed by atoms with Crippen LogP contribution in [0, 0.1) is 0 Å². The lowest BCUT2D eigenvalue weighted by atomic mass is 10.0. The minimum atomic E-state index is -4.47. The Balaban J connectivity index is 1.79. The van der Waals surface area contributed by atoms with E-state index in [4.69, 9.17) is 24.3 Å². The molecule has 3 heterocycles. The van der Waals surface area contributed by atoms with Gasteiger partial charge in [-0.3, -0.25) is 0 Å². The van der Waals surface area contributed by atoms with Gasteiger partial charge in [0.25, 0.3) is 0 Å². The second-order valence-electron chi connectivity index (χ2n) is 8.82. The van der Waals surface area contributed by atoms with Crippen LogP contribution in [0.1, 0.15) is 24.1 Å². The molecule has 0 radical (unpaired) electrons. The maximum atomic E-state index is 13.6. The van der Waals surface area contributed by atoms with Crippen LogP contribution in [0.2, 0.25) is 0 Å². The largest absolute Gasteiger partial charge is 0.497 e. The molecule has 0 bridgehead atoms. The molecule has 10 heteroatoms. The smallest absolute Gasteiger partial charge is 0.416 e. The summed E-state index contributed by atoms with van der Waals surface area (Å²) >= 11 is 0. The predicted octanol–water partition coefficient (Wildman–Crippen LogP) is 5.81. The lowest BCUT2D eigenvalue weighted by Crippen LogP contribution is -2.31. The SMILES string of the molecule is COCc1nn2c(-c3cccc(C(F)(F)F)c3)cc(N3CCCC3OC)nc2c1-c1ccc(OC)cc1. The lowest BCUT2D eigenvalue weighted by Gasteiger charge is -2.25. The first kappa shape index (κ1) is 25.0. The van der Waals surface area contributed by atoms with Crippen molar-refractivity contribution in [1.82, 2.24) is 14.6 Å². The van der Waals surface area contributed by atoms with Crippen molar-refractivity contribution >= 4 is 11.5 Å². The Labute approximate surface area is 212 Å². The molecule has 1 atom stereocenters. The average molecular weight is 513 g/mol. The van der Waals surface area contributed by atoms with Crippen molar-refractivity contribution in [1.29, 1.82) is 0 Å². The Hall–Kier alpha value is -3.63. The van der Waals surface area contributed by atoms with Gasteiger partial charge in [0, 0.05) is 32.4 Å². The molecule has 194 valence electrons. The summed E-state index contributed by atoms with van der Waals surface area (Å²) in [4.78, 5) is 7.01. The minimum Gasteiger partial charge on any atom is -0.497 e. The molecule has 37 heavy (non-hydrogen) atoms. The van der Waals surface area contributed by atoms with E-state index in [0.717, 1.165) is 42.6 Å². The van der Waals surface area contributed by atoms with Crippen LogP contribution in [0.3, 0.4) is 0 Å². The average Bonchev–Trinajstić information content (AvgIpc) is 3.52. The van der Waals surface area contributed by atoms with E-state index >= 15 is 0 Å². The van der Waals surface area contributed by atoms with Crippen LogP contribution in [0.4, 0.5) is 19.0 Å². The van der Waals surface area contributed by atoms with Crippen molar-refractivity contribution in [2.24, 2.45) is 0 Å². The van der Waals surface area contributed by atoms with Crippen LogP contribution in [0.5, 0.6) is 5.75 Å². The number of ether oxygens (including phenoxy) is 3. The van der Waals surface area contributed by atoms with Gasteiger partial charge in [-0.15, -0.1) is 0 Å². The van der Waals surface area contributed by atoms with Gasteiger partial charge in [0.05, 0.1) is 36.2 Å². The number of hydrogen-bond donors (Lipinski definition) is 0. The van der Waals surface area contributed by atoms with Gasteiger partial charge < -0.3 is 19.1 Å². The summed E-state index contributed by atoms with van der Waals surface area (Å²) < 4.78 is 58.8. The standard InChI is InChI=1S/C27H27F3N4O3/c1-35-16-21-25(17-9-11-20(36-2)12-10-17)26-31-23(33-13-5-8-24(33)37-3)15-22(34(26)32-21)18-6-4-7-19(14-18)27(28,29)30/h4,6-7,9-12,14-15,24H,5,8,13,16H2,1-3H3. The molecule has 0 saturated carbocycles. The number of fused-ring (bicyclic) bond motifs is 1. The highest BCUT2D eigenvalue weighted by atomic mass is 19.4. The summed E-state index contributed by atoms with van der Waals surface area (Å²) in [5.41, 5.74) is 2.86. The minimum absolute atomic E-state index is 0.171. The first-order valence-corrected chi connectivity index (χ1v) is 11.9. The van der Waals surface area contributed by atoms with Gasteiger partial charge in [0.15, 0.2) is 5.65 Å². The topological polar surface area (TPSA) is 61.1 Å². The molecule has 0 N–H and O–H groups in total. The van der Waals surface area contributed by atoms with E-state index in [1.807, 2.05) is 29.2 Å². The van der Waals surface area contributed by atoms with E-state index in [2.05, 4.69) is 0 Å². The highest BCUT2D eigenvalue weighted by molar-refractivity contribution is 5.83. The molecular formula is C27H27F3N4O3. The Morgan fingerprint density at radius 1 is 1.00 bits per heavy atom. The number of alkyl halides is 3. The summed E-state index contributed by atoms with van der Waals surface area (Å²) in [6.07, 6.45) is -2.89. The van der Waals surface area contributed by atoms with Gasteiger partial charge in [-0.25, -0.2) is 9.50 Å². The van der Waals surface area contributed by atoms with Crippen molar-refractivity contribution in [2.45, 2.75) is 31.9 Å². The molecule has 1 aliphatic rings. The van der Waals surface area contributed by atoms with Crippen molar-refractivity contribution in [3.05, 3.63) is 65.9 Å². The molecule has 0 amide bonds. The molecule has 1 aliphatic heterocycles. The molecule has 1 fully saturated rings. The van der Waals surface area contributed by atoms with Crippen molar-refractivity contribution < 1.29 is 27.4 Å². The third-order valence-electron chi connectivity index (χ3n) is 6.56. The van der Waals surface area contributed by atoms with E-state index in [0.29, 0.717) is 34.2 Å².